The highest BCUT2D eigenvalue weighted by Crippen LogP contribution is 2.35. The SMILES string of the molecule is CCc1cc(O)ccc1-c1ccc2c(-c3nc(C4=CCN(CC(=O)NC(C)(C)C)CC4)c[nH]3)n[nH]c2c1F. The summed E-state index contributed by atoms with van der Waals surface area (Å²) in [6, 6.07) is 8.58. The lowest BCUT2D eigenvalue weighted by molar-refractivity contribution is -0.123. The number of imidazole rings is 1. The average molecular weight is 517 g/mol. The number of hydrogen-bond donors (Lipinski definition) is 4. The third-order valence-electron chi connectivity index (χ3n) is 6.74. The molecule has 0 spiro atoms. The summed E-state index contributed by atoms with van der Waals surface area (Å²) in [4.78, 5) is 22.3. The molecule has 2 aromatic heterocycles. The highest BCUT2D eigenvalue weighted by molar-refractivity contribution is 5.95. The van der Waals surface area contributed by atoms with Gasteiger partial charge in [-0.15, -0.1) is 0 Å². The third kappa shape index (κ3) is 5.19. The molecule has 0 saturated carbocycles. The fourth-order valence-electron chi connectivity index (χ4n) is 4.93. The molecule has 0 atom stereocenters. The van der Waals surface area contributed by atoms with Crippen molar-refractivity contribution in [2.75, 3.05) is 19.6 Å². The first-order valence-electron chi connectivity index (χ1n) is 12.9. The fraction of sp³-hybridized carbons (Fsp3) is 0.345. The number of H-pyrrole nitrogens is 2. The van der Waals surface area contributed by atoms with Crippen molar-refractivity contribution in [2.24, 2.45) is 0 Å². The predicted octanol–water partition coefficient (Wildman–Crippen LogP) is 5.03. The maximum absolute atomic E-state index is 15.6. The van der Waals surface area contributed by atoms with Gasteiger partial charge in [-0.25, -0.2) is 9.37 Å². The topological polar surface area (TPSA) is 110 Å². The number of amides is 1. The molecule has 2 aromatic carbocycles. The Balaban J connectivity index is 1.35. The maximum Gasteiger partial charge on any atom is 0.234 e. The molecule has 4 N–H and O–H groups in total. The van der Waals surface area contributed by atoms with Crippen molar-refractivity contribution in [3.63, 3.8) is 0 Å². The number of aryl methyl sites for hydroxylation is 1. The van der Waals surface area contributed by atoms with Crippen LogP contribution in [-0.4, -0.2) is 61.3 Å². The predicted molar refractivity (Wildman–Crippen MR) is 147 cm³/mol. The van der Waals surface area contributed by atoms with E-state index in [1.54, 1.807) is 24.3 Å². The van der Waals surface area contributed by atoms with Crippen LogP contribution in [0.5, 0.6) is 5.75 Å². The van der Waals surface area contributed by atoms with Gasteiger partial charge in [0.25, 0.3) is 0 Å². The number of carbonyl (C=O) groups is 1. The Hall–Kier alpha value is -3.98. The summed E-state index contributed by atoms with van der Waals surface area (Å²) in [5.74, 6) is 0.356. The van der Waals surface area contributed by atoms with Crippen LogP contribution in [0.4, 0.5) is 4.39 Å². The maximum atomic E-state index is 15.6. The lowest BCUT2D eigenvalue weighted by Gasteiger charge is -2.27. The number of nitrogens with zero attached hydrogens (tertiary/aromatic N) is 3. The van der Waals surface area contributed by atoms with E-state index >= 15 is 4.39 Å². The monoisotopic (exact) mass is 516 g/mol. The molecule has 4 aromatic rings. The minimum absolute atomic E-state index is 0.0218. The second-order valence-corrected chi connectivity index (χ2v) is 10.8. The number of carbonyl (C=O) groups excluding carboxylic acids is 1. The van der Waals surface area contributed by atoms with E-state index < -0.39 is 0 Å². The molecular formula is C29H33FN6O2. The van der Waals surface area contributed by atoms with Gasteiger partial charge in [-0.05, 0) is 68.5 Å². The fourth-order valence-corrected chi connectivity index (χ4v) is 4.93. The number of halogens is 1. The molecule has 8 nitrogen and oxygen atoms in total. The Morgan fingerprint density at radius 3 is 2.71 bits per heavy atom. The van der Waals surface area contributed by atoms with E-state index in [1.165, 1.54) is 0 Å². The standard InChI is InChI=1S/C29H33FN6O2/c1-5-17-14-19(37)6-7-20(17)21-8-9-22-26(25(21)30)34-35-27(22)28-31-15-23(32-28)18-10-12-36(13-11-18)16-24(38)33-29(2,3)4/h6-10,14-15,37H,5,11-13,16H2,1-4H3,(H,31,32)(H,33,38)(H,34,35). The summed E-state index contributed by atoms with van der Waals surface area (Å²) in [7, 11) is 0. The molecule has 38 heavy (non-hydrogen) atoms. The highest BCUT2D eigenvalue weighted by Gasteiger charge is 2.22. The molecule has 0 saturated heterocycles. The zero-order chi connectivity index (χ0) is 27.0. The molecule has 0 radical (unpaired) electrons. The van der Waals surface area contributed by atoms with Gasteiger partial charge in [0, 0.05) is 35.8 Å². The lowest BCUT2D eigenvalue weighted by Crippen LogP contribution is -2.46. The largest absolute Gasteiger partial charge is 0.508 e. The number of fused-ring (bicyclic) bond motifs is 1. The summed E-state index contributed by atoms with van der Waals surface area (Å²) < 4.78 is 15.6. The van der Waals surface area contributed by atoms with Crippen molar-refractivity contribution in [3.8, 4) is 28.4 Å². The average Bonchev–Trinajstić information content (AvgIpc) is 3.51. The summed E-state index contributed by atoms with van der Waals surface area (Å²) in [5, 5.41) is 20.7. The number of phenolic OH excluding ortho intramolecular Hbond substituents is 1. The molecule has 9 heteroatoms. The van der Waals surface area contributed by atoms with Crippen molar-refractivity contribution < 1.29 is 14.3 Å². The van der Waals surface area contributed by atoms with E-state index in [9.17, 15) is 9.90 Å². The van der Waals surface area contributed by atoms with Crippen LogP contribution in [0.3, 0.4) is 0 Å². The van der Waals surface area contributed by atoms with Crippen molar-refractivity contribution >= 4 is 22.4 Å². The van der Waals surface area contributed by atoms with Crippen LogP contribution in [0, 0.1) is 5.82 Å². The van der Waals surface area contributed by atoms with E-state index in [0.717, 1.165) is 35.4 Å². The summed E-state index contributed by atoms with van der Waals surface area (Å²) in [5.41, 5.74) is 4.61. The van der Waals surface area contributed by atoms with Crippen LogP contribution in [0.15, 0.2) is 42.6 Å². The number of aromatic nitrogens is 4. The van der Waals surface area contributed by atoms with Gasteiger partial charge in [0.15, 0.2) is 11.6 Å². The molecular weight excluding hydrogens is 483 g/mol. The van der Waals surface area contributed by atoms with Crippen molar-refractivity contribution in [2.45, 2.75) is 46.1 Å². The Labute approximate surface area is 221 Å². The van der Waals surface area contributed by atoms with Crippen molar-refractivity contribution in [1.29, 1.82) is 0 Å². The molecule has 3 heterocycles. The van der Waals surface area contributed by atoms with Gasteiger partial charge in [-0.1, -0.05) is 25.1 Å². The second-order valence-electron chi connectivity index (χ2n) is 10.8. The minimum Gasteiger partial charge on any atom is -0.508 e. The number of hydrogen-bond acceptors (Lipinski definition) is 5. The molecule has 0 aliphatic carbocycles. The Morgan fingerprint density at radius 2 is 2.00 bits per heavy atom. The number of phenols is 1. The summed E-state index contributed by atoms with van der Waals surface area (Å²) in [6.07, 6.45) is 5.39. The molecule has 0 unspecified atom stereocenters. The van der Waals surface area contributed by atoms with Gasteiger partial charge in [0.2, 0.25) is 5.91 Å². The van der Waals surface area contributed by atoms with Gasteiger partial charge in [-0.2, -0.15) is 5.10 Å². The van der Waals surface area contributed by atoms with Gasteiger partial charge >= 0.3 is 0 Å². The smallest absolute Gasteiger partial charge is 0.234 e. The van der Waals surface area contributed by atoms with E-state index in [4.69, 9.17) is 4.98 Å². The molecule has 0 bridgehead atoms. The molecule has 1 aliphatic heterocycles. The van der Waals surface area contributed by atoms with E-state index in [-0.39, 0.29) is 23.0 Å². The zero-order valence-electron chi connectivity index (χ0n) is 22.2. The molecule has 5 rings (SSSR count). The molecule has 1 amide bonds. The van der Waals surface area contributed by atoms with Crippen LogP contribution in [-0.2, 0) is 11.2 Å². The second kappa shape index (κ2) is 10.1. The van der Waals surface area contributed by atoms with Crippen LogP contribution < -0.4 is 5.32 Å². The van der Waals surface area contributed by atoms with Crippen molar-refractivity contribution in [3.05, 3.63) is 59.7 Å². The van der Waals surface area contributed by atoms with E-state index in [1.807, 2.05) is 40.0 Å². The lowest BCUT2D eigenvalue weighted by atomic mass is 9.96. The third-order valence-corrected chi connectivity index (χ3v) is 6.74. The summed E-state index contributed by atoms with van der Waals surface area (Å²) in [6.45, 7) is 9.70. The van der Waals surface area contributed by atoms with Crippen molar-refractivity contribution in [1.82, 2.24) is 30.4 Å². The first-order valence-corrected chi connectivity index (χ1v) is 12.9. The number of rotatable bonds is 6. The summed E-state index contributed by atoms with van der Waals surface area (Å²) >= 11 is 0. The molecule has 1 aliphatic rings. The Morgan fingerprint density at radius 1 is 1.21 bits per heavy atom. The number of nitrogens with one attached hydrogen (secondary N) is 3. The van der Waals surface area contributed by atoms with E-state index in [0.29, 0.717) is 47.5 Å². The number of aromatic amines is 2. The zero-order valence-corrected chi connectivity index (χ0v) is 22.2. The van der Waals surface area contributed by atoms with E-state index in [2.05, 4.69) is 31.5 Å². The van der Waals surface area contributed by atoms with Crippen LogP contribution in [0.25, 0.3) is 39.1 Å². The highest BCUT2D eigenvalue weighted by atomic mass is 19.1. The quantitative estimate of drug-likeness (QED) is 0.287. The molecule has 0 fully saturated rings. The van der Waals surface area contributed by atoms with Crippen LogP contribution >= 0.6 is 0 Å². The Bertz CT molecular complexity index is 1530. The van der Waals surface area contributed by atoms with Crippen LogP contribution in [0.1, 0.15) is 45.4 Å². The van der Waals surface area contributed by atoms with Gasteiger partial charge in [0.05, 0.1) is 12.2 Å². The normalized spacial score (nSPS) is 14.6. The Kier molecular flexibility index (Phi) is 6.79. The first-order chi connectivity index (χ1) is 18.1. The number of benzene rings is 2. The van der Waals surface area contributed by atoms with Gasteiger partial charge in [0.1, 0.15) is 17.0 Å². The van der Waals surface area contributed by atoms with Gasteiger partial charge < -0.3 is 15.4 Å². The molecule has 198 valence electrons. The minimum atomic E-state index is -0.390. The van der Waals surface area contributed by atoms with Gasteiger partial charge in [-0.3, -0.25) is 14.8 Å². The number of aromatic hydroxyl groups is 1. The van der Waals surface area contributed by atoms with Crippen LogP contribution in [0.2, 0.25) is 0 Å². The first kappa shape index (κ1) is 25.7.